The third kappa shape index (κ3) is 4.15. The second-order valence-corrected chi connectivity index (χ2v) is 6.88. The van der Waals surface area contributed by atoms with E-state index in [1.54, 1.807) is 42.5 Å². The molecule has 3 N–H and O–H groups in total. The van der Waals surface area contributed by atoms with E-state index in [9.17, 15) is 9.00 Å². The standard InChI is InChI=1S/C15H15BrN2O2S/c1-10-13(17)3-2-4-14(10)18-15(19)9-21(20)12-7-5-11(16)6-8-12/h2-8H,9,17H2,1H3,(H,18,19). The molecule has 0 saturated carbocycles. The maximum absolute atomic E-state index is 12.1. The molecule has 110 valence electrons. The van der Waals surface area contributed by atoms with Gasteiger partial charge in [-0.2, -0.15) is 0 Å². The van der Waals surface area contributed by atoms with Gasteiger partial charge in [-0.15, -0.1) is 0 Å². The molecule has 0 aliphatic rings. The molecule has 2 rings (SSSR count). The average molecular weight is 367 g/mol. The van der Waals surface area contributed by atoms with Crippen molar-refractivity contribution in [3.05, 3.63) is 52.5 Å². The summed E-state index contributed by atoms with van der Waals surface area (Å²) in [6.45, 7) is 1.83. The second-order valence-electron chi connectivity index (χ2n) is 4.51. The Balaban J connectivity index is 2.03. The highest BCUT2D eigenvalue weighted by Crippen LogP contribution is 2.20. The molecule has 0 heterocycles. The Morgan fingerprint density at radius 2 is 1.90 bits per heavy atom. The van der Waals surface area contributed by atoms with Crippen LogP contribution in [0.25, 0.3) is 0 Å². The zero-order chi connectivity index (χ0) is 15.4. The number of nitrogen functional groups attached to an aromatic ring is 1. The summed E-state index contributed by atoms with van der Waals surface area (Å²) in [6, 6.07) is 12.4. The second kappa shape index (κ2) is 6.87. The summed E-state index contributed by atoms with van der Waals surface area (Å²) in [5, 5.41) is 2.74. The molecule has 0 aliphatic carbocycles. The molecule has 0 bridgehead atoms. The predicted octanol–water partition coefficient (Wildman–Crippen LogP) is 3.09. The van der Waals surface area contributed by atoms with Gasteiger partial charge in [0.25, 0.3) is 0 Å². The number of halogens is 1. The summed E-state index contributed by atoms with van der Waals surface area (Å²) in [5.41, 5.74) is 7.85. The van der Waals surface area contributed by atoms with Crippen LogP contribution in [0.1, 0.15) is 5.56 Å². The minimum atomic E-state index is -1.37. The largest absolute Gasteiger partial charge is 0.398 e. The third-order valence-corrected chi connectivity index (χ3v) is 4.84. The molecule has 1 unspecified atom stereocenters. The summed E-state index contributed by atoms with van der Waals surface area (Å²) >= 11 is 3.31. The molecule has 2 aromatic rings. The first-order valence-corrected chi connectivity index (χ1v) is 8.37. The van der Waals surface area contributed by atoms with E-state index in [2.05, 4.69) is 21.2 Å². The van der Waals surface area contributed by atoms with E-state index < -0.39 is 10.8 Å². The van der Waals surface area contributed by atoms with E-state index >= 15 is 0 Å². The van der Waals surface area contributed by atoms with Gasteiger partial charge in [-0.1, -0.05) is 22.0 Å². The summed E-state index contributed by atoms with van der Waals surface area (Å²) < 4.78 is 13.0. The van der Waals surface area contributed by atoms with Crippen molar-refractivity contribution in [1.82, 2.24) is 0 Å². The van der Waals surface area contributed by atoms with Crippen LogP contribution in [-0.2, 0) is 15.6 Å². The molecule has 6 heteroatoms. The summed E-state index contributed by atoms with van der Waals surface area (Å²) in [5.74, 6) is -0.388. The normalized spacial score (nSPS) is 11.9. The molecular weight excluding hydrogens is 352 g/mol. The van der Waals surface area contributed by atoms with Gasteiger partial charge >= 0.3 is 0 Å². The fourth-order valence-corrected chi connectivity index (χ4v) is 2.94. The third-order valence-electron chi connectivity index (χ3n) is 2.99. The van der Waals surface area contributed by atoms with E-state index in [0.29, 0.717) is 16.3 Å². The van der Waals surface area contributed by atoms with Crippen LogP contribution >= 0.6 is 15.9 Å². The van der Waals surface area contributed by atoms with Gasteiger partial charge in [-0.3, -0.25) is 9.00 Å². The Hall–Kier alpha value is -1.66. The number of benzene rings is 2. The Labute approximate surface area is 134 Å². The maximum atomic E-state index is 12.1. The van der Waals surface area contributed by atoms with E-state index in [0.717, 1.165) is 10.0 Å². The molecule has 1 amide bonds. The molecule has 4 nitrogen and oxygen atoms in total. The zero-order valence-corrected chi connectivity index (χ0v) is 13.8. The predicted molar refractivity (Wildman–Crippen MR) is 89.6 cm³/mol. The zero-order valence-electron chi connectivity index (χ0n) is 11.4. The van der Waals surface area contributed by atoms with Crippen LogP contribution in [0.4, 0.5) is 11.4 Å². The molecule has 1 atom stereocenters. The fraction of sp³-hybridized carbons (Fsp3) is 0.133. The van der Waals surface area contributed by atoms with Gasteiger partial charge in [-0.25, -0.2) is 0 Å². The lowest BCUT2D eigenvalue weighted by atomic mass is 10.1. The SMILES string of the molecule is Cc1c(N)cccc1NC(=O)CS(=O)c1ccc(Br)cc1. The van der Waals surface area contributed by atoms with Crippen LogP contribution in [0.15, 0.2) is 51.8 Å². The number of carbonyl (C=O) groups excluding carboxylic acids is 1. The number of hydrogen-bond acceptors (Lipinski definition) is 3. The Kier molecular flexibility index (Phi) is 5.14. The van der Waals surface area contributed by atoms with Gasteiger partial charge in [0.15, 0.2) is 0 Å². The van der Waals surface area contributed by atoms with Gasteiger partial charge < -0.3 is 11.1 Å². The fourth-order valence-electron chi connectivity index (χ4n) is 1.76. The lowest BCUT2D eigenvalue weighted by molar-refractivity contribution is -0.113. The van der Waals surface area contributed by atoms with E-state index in [1.165, 1.54) is 0 Å². The number of nitrogens with one attached hydrogen (secondary N) is 1. The lowest BCUT2D eigenvalue weighted by Crippen LogP contribution is -2.20. The molecule has 0 radical (unpaired) electrons. The van der Waals surface area contributed by atoms with Crippen molar-refractivity contribution in [3.8, 4) is 0 Å². The highest BCUT2D eigenvalue weighted by Gasteiger charge is 2.12. The van der Waals surface area contributed by atoms with Gasteiger partial charge in [0.1, 0.15) is 5.75 Å². The number of rotatable bonds is 4. The van der Waals surface area contributed by atoms with Gasteiger partial charge in [0.05, 0.1) is 10.8 Å². The number of hydrogen-bond donors (Lipinski definition) is 2. The molecule has 0 aromatic heterocycles. The van der Waals surface area contributed by atoms with Crippen molar-refractivity contribution in [3.63, 3.8) is 0 Å². The van der Waals surface area contributed by atoms with Crippen molar-refractivity contribution in [1.29, 1.82) is 0 Å². The van der Waals surface area contributed by atoms with Gasteiger partial charge in [0, 0.05) is 20.7 Å². The number of carbonyl (C=O) groups is 1. The van der Waals surface area contributed by atoms with Crippen LogP contribution in [0.5, 0.6) is 0 Å². The highest BCUT2D eigenvalue weighted by molar-refractivity contribution is 9.10. The lowest BCUT2D eigenvalue weighted by Gasteiger charge is -2.10. The minimum absolute atomic E-state index is 0.0874. The van der Waals surface area contributed by atoms with Crippen molar-refractivity contribution in [2.75, 3.05) is 16.8 Å². The number of anilines is 2. The molecule has 0 aliphatic heterocycles. The summed E-state index contributed by atoms with van der Waals surface area (Å²) in [6.07, 6.45) is 0. The van der Waals surface area contributed by atoms with Crippen molar-refractivity contribution < 1.29 is 9.00 Å². The summed E-state index contributed by atoms with van der Waals surface area (Å²) in [4.78, 5) is 12.6. The van der Waals surface area contributed by atoms with Gasteiger partial charge in [-0.05, 0) is 48.9 Å². The van der Waals surface area contributed by atoms with Crippen molar-refractivity contribution in [2.24, 2.45) is 0 Å². The van der Waals surface area contributed by atoms with Crippen LogP contribution < -0.4 is 11.1 Å². The summed E-state index contributed by atoms with van der Waals surface area (Å²) in [7, 11) is -1.37. The molecule has 2 aromatic carbocycles. The van der Waals surface area contributed by atoms with Crippen molar-refractivity contribution >= 4 is 44.0 Å². The topological polar surface area (TPSA) is 72.2 Å². The van der Waals surface area contributed by atoms with Crippen molar-refractivity contribution in [2.45, 2.75) is 11.8 Å². The van der Waals surface area contributed by atoms with Crippen LogP contribution in [0.2, 0.25) is 0 Å². The van der Waals surface area contributed by atoms with Gasteiger partial charge in [0.2, 0.25) is 5.91 Å². The van der Waals surface area contributed by atoms with E-state index in [1.807, 2.05) is 6.92 Å². The Morgan fingerprint density at radius 3 is 2.57 bits per heavy atom. The highest BCUT2D eigenvalue weighted by atomic mass is 79.9. The van der Waals surface area contributed by atoms with Crippen LogP contribution in [-0.4, -0.2) is 15.9 Å². The van der Waals surface area contributed by atoms with E-state index in [-0.39, 0.29) is 11.7 Å². The van der Waals surface area contributed by atoms with Crippen LogP contribution in [0, 0.1) is 6.92 Å². The Morgan fingerprint density at radius 1 is 1.24 bits per heavy atom. The molecule has 21 heavy (non-hydrogen) atoms. The quantitative estimate of drug-likeness (QED) is 0.816. The molecule has 0 fully saturated rings. The molecule has 0 spiro atoms. The number of nitrogens with two attached hydrogens (primary N) is 1. The Bertz CT molecular complexity index is 687. The van der Waals surface area contributed by atoms with Crippen LogP contribution in [0.3, 0.4) is 0 Å². The first kappa shape index (κ1) is 15.7. The smallest absolute Gasteiger partial charge is 0.237 e. The first-order valence-electron chi connectivity index (χ1n) is 6.26. The number of amides is 1. The first-order chi connectivity index (χ1) is 9.97. The molecule has 0 saturated heterocycles. The molecular formula is C15H15BrN2O2S. The van der Waals surface area contributed by atoms with E-state index in [4.69, 9.17) is 5.73 Å². The average Bonchev–Trinajstić information content (AvgIpc) is 2.44. The minimum Gasteiger partial charge on any atom is -0.398 e. The maximum Gasteiger partial charge on any atom is 0.237 e. The monoisotopic (exact) mass is 366 g/mol.